The molecule has 2 heterocycles. The van der Waals surface area contributed by atoms with Gasteiger partial charge in [-0.15, -0.1) is 0 Å². The molecule has 0 spiro atoms. The fourth-order valence-corrected chi connectivity index (χ4v) is 3.68. The van der Waals surface area contributed by atoms with E-state index in [1.54, 1.807) is 48.8 Å². The summed E-state index contributed by atoms with van der Waals surface area (Å²) >= 11 is 0. The van der Waals surface area contributed by atoms with E-state index in [-0.39, 0.29) is 21.9 Å². The maximum absolute atomic E-state index is 12.1. The molecule has 0 saturated heterocycles. The number of hydrogen-bond acceptors (Lipinski definition) is 7. The number of rotatable bonds is 6. The lowest BCUT2D eigenvalue weighted by Gasteiger charge is -2.07. The van der Waals surface area contributed by atoms with Crippen LogP contribution < -0.4 is 10.1 Å². The third kappa shape index (κ3) is 4.08. The lowest BCUT2D eigenvalue weighted by Crippen LogP contribution is -2.03. The minimum atomic E-state index is -3.67. The molecule has 0 radical (unpaired) electrons. The Balaban J connectivity index is 1.62. The molecule has 2 aromatic heterocycles. The van der Waals surface area contributed by atoms with Crippen LogP contribution in [0.15, 0.2) is 65.8 Å². The van der Waals surface area contributed by atoms with Crippen LogP contribution >= 0.6 is 0 Å². The summed E-state index contributed by atoms with van der Waals surface area (Å²) < 4.78 is 29.9. The molecule has 10 heteroatoms. The van der Waals surface area contributed by atoms with E-state index in [2.05, 4.69) is 20.3 Å². The lowest BCUT2D eigenvalue weighted by molar-refractivity contribution is 0.0696. The van der Waals surface area contributed by atoms with Crippen molar-refractivity contribution in [2.24, 2.45) is 0 Å². The van der Waals surface area contributed by atoms with Gasteiger partial charge in [0.2, 0.25) is 5.95 Å². The number of ether oxygens (including phenoxy) is 1. The van der Waals surface area contributed by atoms with E-state index in [9.17, 15) is 18.3 Å². The van der Waals surface area contributed by atoms with Gasteiger partial charge >= 0.3 is 5.97 Å². The molecule has 0 unspecified atom stereocenters. The van der Waals surface area contributed by atoms with Crippen LogP contribution in [0.1, 0.15) is 10.4 Å². The fraction of sp³-hybridized carbons (Fsp3) is 0.0500. The number of aromatic nitrogens is 3. The van der Waals surface area contributed by atoms with Crippen LogP contribution in [0.4, 0.5) is 11.6 Å². The number of fused-ring (bicyclic) bond motifs is 1. The van der Waals surface area contributed by atoms with Crippen LogP contribution in [-0.4, -0.2) is 40.7 Å². The van der Waals surface area contributed by atoms with Gasteiger partial charge in [-0.2, -0.15) is 0 Å². The molecule has 0 fully saturated rings. The largest absolute Gasteiger partial charge is 0.478 e. The molecule has 0 bridgehead atoms. The first-order chi connectivity index (χ1) is 14.3. The van der Waals surface area contributed by atoms with E-state index >= 15 is 0 Å². The summed E-state index contributed by atoms with van der Waals surface area (Å²) in [5.74, 6) is 0.336. The molecule has 0 saturated carbocycles. The van der Waals surface area contributed by atoms with E-state index in [0.717, 1.165) is 12.3 Å². The number of imidazole rings is 1. The maximum atomic E-state index is 12.1. The number of carbonyl (C=O) groups is 1. The van der Waals surface area contributed by atoms with Crippen molar-refractivity contribution in [3.05, 3.63) is 66.5 Å². The molecule has 0 atom stereocenters. The smallest absolute Gasteiger partial charge is 0.335 e. The number of anilines is 2. The zero-order valence-electron chi connectivity index (χ0n) is 15.7. The van der Waals surface area contributed by atoms with Crippen LogP contribution in [0, 0.1) is 0 Å². The highest BCUT2D eigenvalue weighted by molar-refractivity contribution is 7.91. The first-order valence-electron chi connectivity index (χ1n) is 8.72. The number of nitrogens with zero attached hydrogens (tertiary/aromatic N) is 2. The van der Waals surface area contributed by atoms with Gasteiger partial charge in [-0.25, -0.2) is 18.2 Å². The van der Waals surface area contributed by atoms with Gasteiger partial charge in [-0.1, -0.05) is 0 Å². The maximum Gasteiger partial charge on any atom is 0.335 e. The van der Waals surface area contributed by atoms with E-state index in [4.69, 9.17) is 4.74 Å². The molecule has 3 N–H and O–H groups in total. The van der Waals surface area contributed by atoms with Gasteiger partial charge in [-0.05, 0) is 48.5 Å². The molecule has 9 nitrogen and oxygen atoms in total. The van der Waals surface area contributed by atoms with Crippen LogP contribution in [0.2, 0.25) is 0 Å². The minimum Gasteiger partial charge on any atom is -0.478 e. The Kier molecular flexibility index (Phi) is 4.84. The standard InChI is InChI=1S/C20H16N4O5S/c1-30(27,28)17-11-12(19(25)26)10-16-18(17)24-20(23-16)22-13-2-4-14(5-3-13)29-15-6-8-21-9-7-15/h2-11H,1H3,(H,25,26)(H2,22,23,24). The Morgan fingerprint density at radius 3 is 2.37 bits per heavy atom. The quantitative estimate of drug-likeness (QED) is 0.427. The normalized spacial score (nSPS) is 11.4. The van der Waals surface area contributed by atoms with E-state index in [1.807, 2.05) is 0 Å². The van der Waals surface area contributed by atoms with Crippen LogP contribution in [0.5, 0.6) is 11.5 Å². The highest BCUT2D eigenvalue weighted by Gasteiger charge is 2.19. The van der Waals surface area contributed by atoms with Crippen LogP contribution in [-0.2, 0) is 9.84 Å². The summed E-state index contributed by atoms with van der Waals surface area (Å²) in [6.07, 6.45) is 4.28. The molecular weight excluding hydrogens is 408 g/mol. The number of carboxylic acid groups (broad SMARTS) is 1. The lowest BCUT2D eigenvalue weighted by atomic mass is 10.2. The van der Waals surface area contributed by atoms with Crippen molar-refractivity contribution < 1.29 is 23.1 Å². The summed E-state index contributed by atoms with van der Waals surface area (Å²) in [5.41, 5.74) is 1.00. The summed E-state index contributed by atoms with van der Waals surface area (Å²) in [4.78, 5) is 22.3. The molecule has 0 aliphatic rings. The zero-order chi connectivity index (χ0) is 21.3. The molecule has 4 rings (SSSR count). The molecule has 0 aliphatic heterocycles. The monoisotopic (exact) mass is 424 g/mol. The third-order valence-corrected chi connectivity index (χ3v) is 5.31. The third-order valence-electron chi connectivity index (χ3n) is 4.20. The number of nitrogens with one attached hydrogen (secondary N) is 2. The highest BCUT2D eigenvalue weighted by Crippen LogP contribution is 2.27. The Morgan fingerprint density at radius 1 is 1.07 bits per heavy atom. The first-order valence-corrected chi connectivity index (χ1v) is 10.6. The summed E-state index contributed by atoms with van der Waals surface area (Å²) in [7, 11) is -3.67. The average molecular weight is 424 g/mol. The second-order valence-electron chi connectivity index (χ2n) is 6.47. The number of aromatic amines is 1. The van der Waals surface area contributed by atoms with Gasteiger partial charge in [0.15, 0.2) is 9.84 Å². The van der Waals surface area contributed by atoms with Crippen molar-refractivity contribution in [2.45, 2.75) is 4.90 Å². The molecule has 0 amide bonds. The number of benzene rings is 2. The van der Waals surface area contributed by atoms with Crippen molar-refractivity contribution >= 4 is 38.5 Å². The second-order valence-corrected chi connectivity index (χ2v) is 8.45. The number of carboxylic acids is 1. The molecule has 2 aromatic carbocycles. The number of hydrogen-bond donors (Lipinski definition) is 3. The number of sulfone groups is 1. The van der Waals surface area contributed by atoms with E-state index in [1.165, 1.54) is 6.07 Å². The van der Waals surface area contributed by atoms with Gasteiger partial charge in [0.05, 0.1) is 16.0 Å². The second kappa shape index (κ2) is 7.48. The van der Waals surface area contributed by atoms with Gasteiger partial charge in [0, 0.05) is 24.3 Å². The van der Waals surface area contributed by atoms with Crippen molar-refractivity contribution in [1.29, 1.82) is 0 Å². The predicted molar refractivity (Wildman–Crippen MR) is 110 cm³/mol. The number of H-pyrrole nitrogens is 1. The molecule has 30 heavy (non-hydrogen) atoms. The van der Waals surface area contributed by atoms with Crippen molar-refractivity contribution in [2.75, 3.05) is 11.6 Å². The summed E-state index contributed by atoms with van der Waals surface area (Å²) in [5, 5.41) is 12.3. The predicted octanol–water partition coefficient (Wildman–Crippen LogP) is 3.60. The number of pyridine rings is 1. The Labute approximate surface area is 171 Å². The minimum absolute atomic E-state index is 0.143. The van der Waals surface area contributed by atoms with Crippen LogP contribution in [0.25, 0.3) is 11.0 Å². The van der Waals surface area contributed by atoms with Crippen molar-refractivity contribution in [1.82, 2.24) is 15.0 Å². The summed E-state index contributed by atoms with van der Waals surface area (Å²) in [6.45, 7) is 0. The molecule has 4 aromatic rings. The Bertz CT molecular complexity index is 1330. The van der Waals surface area contributed by atoms with Gasteiger partial charge in [0.1, 0.15) is 17.0 Å². The Morgan fingerprint density at radius 2 is 1.73 bits per heavy atom. The number of aromatic carboxylic acids is 1. The average Bonchev–Trinajstić information content (AvgIpc) is 3.11. The highest BCUT2D eigenvalue weighted by atomic mass is 32.2. The molecular formula is C20H16N4O5S. The van der Waals surface area contributed by atoms with E-state index in [0.29, 0.717) is 22.7 Å². The van der Waals surface area contributed by atoms with Gasteiger partial charge < -0.3 is 20.1 Å². The van der Waals surface area contributed by atoms with Gasteiger partial charge in [-0.3, -0.25) is 4.98 Å². The van der Waals surface area contributed by atoms with Gasteiger partial charge in [0.25, 0.3) is 0 Å². The van der Waals surface area contributed by atoms with Crippen LogP contribution in [0.3, 0.4) is 0 Å². The molecule has 0 aliphatic carbocycles. The summed E-state index contributed by atoms with van der Waals surface area (Å²) in [6, 6.07) is 13.0. The first kappa shape index (κ1) is 19.4. The SMILES string of the molecule is CS(=O)(=O)c1cc(C(=O)O)cc2[nH]c(Nc3ccc(Oc4ccncc4)cc3)nc12. The zero-order valence-corrected chi connectivity index (χ0v) is 16.5. The van der Waals surface area contributed by atoms with Crippen molar-refractivity contribution in [3.63, 3.8) is 0 Å². The Hall–Kier alpha value is -3.92. The van der Waals surface area contributed by atoms with Crippen molar-refractivity contribution in [3.8, 4) is 11.5 Å². The molecule has 152 valence electrons. The fourth-order valence-electron chi connectivity index (χ4n) is 2.84. The van der Waals surface area contributed by atoms with E-state index < -0.39 is 15.8 Å². The topological polar surface area (TPSA) is 134 Å².